The number of rotatable bonds is 7. The number of benzene rings is 2. The van der Waals surface area contributed by atoms with E-state index in [4.69, 9.17) is 4.74 Å². The van der Waals surface area contributed by atoms with Gasteiger partial charge in [0.05, 0.1) is 17.7 Å². The van der Waals surface area contributed by atoms with Gasteiger partial charge in [0.25, 0.3) is 11.6 Å². The molecular formula is C21H26N4O4. The summed E-state index contributed by atoms with van der Waals surface area (Å²) < 4.78 is 5.49. The molecule has 0 aliphatic carbocycles. The summed E-state index contributed by atoms with van der Waals surface area (Å²) in [4.78, 5) is 27.4. The molecule has 29 heavy (non-hydrogen) atoms. The summed E-state index contributed by atoms with van der Waals surface area (Å²) in [5.41, 5.74) is 2.52. The number of likely N-dealkylation sites (N-methyl/N-ethyl adjacent to an activating group) is 1. The molecule has 0 aromatic heterocycles. The number of nitrogens with zero attached hydrogens (tertiary/aromatic N) is 3. The molecule has 0 bridgehead atoms. The van der Waals surface area contributed by atoms with Gasteiger partial charge in [-0.05, 0) is 37.2 Å². The largest absolute Gasteiger partial charge is 0.495 e. The quantitative estimate of drug-likeness (QED) is 0.569. The smallest absolute Gasteiger partial charge is 0.269 e. The van der Waals surface area contributed by atoms with Gasteiger partial charge in [0.15, 0.2) is 0 Å². The zero-order valence-electron chi connectivity index (χ0n) is 16.8. The van der Waals surface area contributed by atoms with Gasteiger partial charge < -0.3 is 19.9 Å². The lowest BCUT2D eigenvalue weighted by Crippen LogP contribution is -2.44. The molecule has 1 fully saturated rings. The van der Waals surface area contributed by atoms with Gasteiger partial charge in [0, 0.05) is 50.4 Å². The SMILES string of the molecule is COc1ccc(C(=O)NCCc2ccc([N+](=O)[O-])cc2)cc1N1CCN(C)CC1. The van der Waals surface area contributed by atoms with E-state index >= 15 is 0 Å². The van der Waals surface area contributed by atoms with Crippen molar-refractivity contribution in [2.24, 2.45) is 0 Å². The topological polar surface area (TPSA) is 87.9 Å². The molecule has 0 atom stereocenters. The highest BCUT2D eigenvalue weighted by atomic mass is 16.6. The van der Waals surface area contributed by atoms with Gasteiger partial charge >= 0.3 is 0 Å². The highest BCUT2D eigenvalue weighted by Gasteiger charge is 2.19. The maximum absolute atomic E-state index is 12.6. The Bertz CT molecular complexity index is 861. The lowest BCUT2D eigenvalue weighted by Gasteiger charge is -2.34. The first kappa shape index (κ1) is 20.6. The van der Waals surface area contributed by atoms with E-state index < -0.39 is 4.92 Å². The number of carbonyl (C=O) groups is 1. The zero-order chi connectivity index (χ0) is 20.8. The molecule has 8 heteroatoms. The molecule has 1 heterocycles. The summed E-state index contributed by atoms with van der Waals surface area (Å²) in [5.74, 6) is 0.613. The Hall–Kier alpha value is -3.13. The van der Waals surface area contributed by atoms with Crippen LogP contribution in [0, 0.1) is 10.1 Å². The van der Waals surface area contributed by atoms with Crippen LogP contribution in [0.2, 0.25) is 0 Å². The van der Waals surface area contributed by atoms with Crippen LogP contribution in [0.1, 0.15) is 15.9 Å². The standard InChI is InChI=1S/C21H26N4O4/c1-23-11-13-24(14-12-23)19-15-17(5-8-20(19)29-2)21(26)22-10-9-16-3-6-18(7-4-16)25(27)28/h3-8,15H,9-14H2,1-2H3,(H,22,26). The number of ether oxygens (including phenoxy) is 1. The highest BCUT2D eigenvalue weighted by Crippen LogP contribution is 2.30. The van der Waals surface area contributed by atoms with E-state index in [-0.39, 0.29) is 11.6 Å². The molecule has 0 saturated carbocycles. The van der Waals surface area contributed by atoms with Crippen molar-refractivity contribution >= 4 is 17.3 Å². The number of non-ortho nitro benzene ring substituents is 1. The molecular weight excluding hydrogens is 372 g/mol. The number of nitro benzene ring substituents is 1. The Kier molecular flexibility index (Phi) is 6.66. The summed E-state index contributed by atoms with van der Waals surface area (Å²) in [6, 6.07) is 11.8. The van der Waals surface area contributed by atoms with Crippen molar-refractivity contribution in [3.8, 4) is 5.75 Å². The first-order chi connectivity index (χ1) is 14.0. The van der Waals surface area contributed by atoms with Crippen LogP contribution in [0.3, 0.4) is 0 Å². The van der Waals surface area contributed by atoms with Crippen molar-refractivity contribution in [2.75, 3.05) is 51.8 Å². The summed E-state index contributed by atoms with van der Waals surface area (Å²) in [7, 11) is 3.74. The number of methoxy groups -OCH3 is 1. The number of hydrogen-bond donors (Lipinski definition) is 1. The van der Waals surface area contributed by atoms with E-state index in [9.17, 15) is 14.9 Å². The summed E-state index contributed by atoms with van der Waals surface area (Å²) in [6.07, 6.45) is 0.602. The number of nitrogens with one attached hydrogen (secondary N) is 1. The Labute approximate surface area is 170 Å². The second kappa shape index (κ2) is 9.38. The average molecular weight is 398 g/mol. The third-order valence-electron chi connectivity index (χ3n) is 5.13. The minimum absolute atomic E-state index is 0.0625. The third kappa shape index (κ3) is 5.23. The van der Waals surface area contributed by atoms with E-state index in [1.165, 1.54) is 12.1 Å². The fraction of sp³-hybridized carbons (Fsp3) is 0.381. The molecule has 1 aliphatic rings. The first-order valence-corrected chi connectivity index (χ1v) is 9.61. The second-order valence-corrected chi connectivity index (χ2v) is 7.11. The van der Waals surface area contributed by atoms with Crippen molar-refractivity contribution in [1.29, 1.82) is 0 Å². The molecule has 1 aliphatic heterocycles. The normalized spacial score (nSPS) is 14.5. The number of nitro groups is 1. The van der Waals surface area contributed by atoms with Gasteiger partial charge in [-0.1, -0.05) is 12.1 Å². The average Bonchev–Trinajstić information content (AvgIpc) is 2.74. The molecule has 3 rings (SSSR count). The van der Waals surface area contributed by atoms with Gasteiger partial charge in [-0.2, -0.15) is 0 Å². The minimum atomic E-state index is -0.423. The number of amides is 1. The summed E-state index contributed by atoms with van der Waals surface area (Å²) in [6.45, 7) is 4.16. The van der Waals surface area contributed by atoms with Gasteiger partial charge in [-0.25, -0.2) is 0 Å². The maximum Gasteiger partial charge on any atom is 0.269 e. The molecule has 2 aromatic rings. The third-order valence-corrected chi connectivity index (χ3v) is 5.13. The Morgan fingerprint density at radius 3 is 2.45 bits per heavy atom. The Morgan fingerprint density at radius 1 is 1.14 bits per heavy atom. The summed E-state index contributed by atoms with van der Waals surface area (Å²) in [5, 5.41) is 13.6. The van der Waals surface area contributed by atoms with Crippen LogP contribution in [0.5, 0.6) is 5.75 Å². The molecule has 0 radical (unpaired) electrons. The monoisotopic (exact) mass is 398 g/mol. The minimum Gasteiger partial charge on any atom is -0.495 e. The van der Waals surface area contributed by atoms with E-state index in [0.29, 0.717) is 18.5 Å². The van der Waals surface area contributed by atoms with Crippen LogP contribution in [-0.4, -0.2) is 62.6 Å². The van der Waals surface area contributed by atoms with Crippen LogP contribution >= 0.6 is 0 Å². The van der Waals surface area contributed by atoms with Gasteiger partial charge in [0.2, 0.25) is 0 Å². The Balaban J connectivity index is 1.61. The second-order valence-electron chi connectivity index (χ2n) is 7.11. The van der Waals surface area contributed by atoms with Crippen LogP contribution in [-0.2, 0) is 6.42 Å². The molecule has 2 aromatic carbocycles. The zero-order valence-corrected chi connectivity index (χ0v) is 16.8. The van der Waals surface area contributed by atoms with Crippen molar-refractivity contribution in [3.05, 3.63) is 63.7 Å². The number of carbonyl (C=O) groups excluding carboxylic acids is 1. The van der Waals surface area contributed by atoms with E-state index in [2.05, 4.69) is 22.2 Å². The fourth-order valence-electron chi connectivity index (χ4n) is 3.33. The van der Waals surface area contributed by atoms with E-state index in [0.717, 1.165) is 43.2 Å². The van der Waals surface area contributed by atoms with Crippen molar-refractivity contribution < 1.29 is 14.5 Å². The van der Waals surface area contributed by atoms with Crippen molar-refractivity contribution in [3.63, 3.8) is 0 Å². The predicted octanol–water partition coefficient (Wildman–Crippen LogP) is 2.33. The van der Waals surface area contributed by atoms with Crippen molar-refractivity contribution in [2.45, 2.75) is 6.42 Å². The molecule has 0 spiro atoms. The van der Waals surface area contributed by atoms with Crippen LogP contribution in [0.4, 0.5) is 11.4 Å². The Morgan fingerprint density at radius 2 is 1.83 bits per heavy atom. The van der Waals surface area contributed by atoms with Gasteiger partial charge in [0.1, 0.15) is 5.75 Å². The summed E-state index contributed by atoms with van der Waals surface area (Å²) >= 11 is 0. The number of piperazine rings is 1. The molecule has 1 saturated heterocycles. The molecule has 1 N–H and O–H groups in total. The maximum atomic E-state index is 12.6. The van der Waals surface area contributed by atoms with Crippen LogP contribution < -0.4 is 15.0 Å². The van der Waals surface area contributed by atoms with E-state index in [1.54, 1.807) is 25.3 Å². The van der Waals surface area contributed by atoms with Crippen molar-refractivity contribution in [1.82, 2.24) is 10.2 Å². The van der Waals surface area contributed by atoms with E-state index in [1.807, 2.05) is 12.1 Å². The number of anilines is 1. The fourth-order valence-corrected chi connectivity index (χ4v) is 3.33. The molecule has 154 valence electrons. The first-order valence-electron chi connectivity index (χ1n) is 9.61. The lowest BCUT2D eigenvalue weighted by atomic mass is 10.1. The van der Waals surface area contributed by atoms with Gasteiger partial charge in [-0.15, -0.1) is 0 Å². The number of hydrogen-bond acceptors (Lipinski definition) is 6. The highest BCUT2D eigenvalue weighted by molar-refractivity contribution is 5.95. The molecule has 8 nitrogen and oxygen atoms in total. The lowest BCUT2D eigenvalue weighted by molar-refractivity contribution is -0.384. The van der Waals surface area contributed by atoms with Crippen LogP contribution in [0.25, 0.3) is 0 Å². The van der Waals surface area contributed by atoms with Crippen LogP contribution in [0.15, 0.2) is 42.5 Å². The molecule has 1 amide bonds. The molecule has 0 unspecified atom stereocenters. The predicted molar refractivity (Wildman–Crippen MR) is 112 cm³/mol. The van der Waals surface area contributed by atoms with Gasteiger partial charge in [-0.3, -0.25) is 14.9 Å².